The zero-order chi connectivity index (χ0) is 12.5. The van der Waals surface area contributed by atoms with Gasteiger partial charge in [-0.2, -0.15) is 15.3 Å². The Morgan fingerprint density at radius 2 is 2.39 bits per heavy atom. The summed E-state index contributed by atoms with van der Waals surface area (Å²) in [6.07, 6.45) is 3.38. The van der Waals surface area contributed by atoms with Crippen LogP contribution >= 0.6 is 0 Å². The summed E-state index contributed by atoms with van der Waals surface area (Å²) >= 11 is 0. The number of nitrogens with zero attached hydrogens (tertiary/aromatic N) is 5. The normalized spacial score (nSPS) is 10.4. The van der Waals surface area contributed by atoms with Crippen LogP contribution in [0.4, 0.5) is 0 Å². The molecule has 3 heterocycles. The molecule has 0 aliphatic carbocycles. The van der Waals surface area contributed by atoms with E-state index in [0.29, 0.717) is 28.7 Å². The van der Waals surface area contributed by atoms with E-state index < -0.39 is 0 Å². The zero-order valence-electron chi connectivity index (χ0n) is 9.45. The molecular formula is C11H8N6O. The van der Waals surface area contributed by atoms with E-state index in [9.17, 15) is 0 Å². The largest absolute Gasteiger partial charge is 0.356 e. The van der Waals surface area contributed by atoms with Gasteiger partial charge in [-0.25, -0.2) is 0 Å². The number of hydrogen-bond acceptors (Lipinski definition) is 5. The van der Waals surface area contributed by atoms with Crippen LogP contribution in [-0.4, -0.2) is 24.9 Å². The van der Waals surface area contributed by atoms with Gasteiger partial charge in [0, 0.05) is 19.4 Å². The second-order valence-corrected chi connectivity index (χ2v) is 3.71. The van der Waals surface area contributed by atoms with Crippen LogP contribution in [0.5, 0.6) is 0 Å². The number of rotatable bonds is 2. The molecule has 3 aromatic heterocycles. The third-order valence-corrected chi connectivity index (χ3v) is 2.41. The van der Waals surface area contributed by atoms with Crippen molar-refractivity contribution in [2.45, 2.75) is 0 Å². The summed E-state index contributed by atoms with van der Waals surface area (Å²) in [4.78, 5) is 7.12. The molecule has 7 nitrogen and oxygen atoms in total. The van der Waals surface area contributed by atoms with E-state index in [1.807, 2.05) is 13.1 Å². The van der Waals surface area contributed by atoms with Crippen molar-refractivity contribution in [1.29, 1.82) is 5.26 Å². The zero-order valence-corrected chi connectivity index (χ0v) is 9.45. The molecule has 18 heavy (non-hydrogen) atoms. The van der Waals surface area contributed by atoms with Crippen molar-refractivity contribution in [3.05, 3.63) is 30.1 Å². The van der Waals surface area contributed by atoms with E-state index in [2.05, 4.69) is 20.2 Å². The van der Waals surface area contributed by atoms with Gasteiger partial charge in [-0.1, -0.05) is 5.16 Å². The van der Waals surface area contributed by atoms with Gasteiger partial charge < -0.3 is 9.51 Å². The molecule has 3 aromatic rings. The van der Waals surface area contributed by atoms with Crippen molar-refractivity contribution in [2.24, 2.45) is 7.05 Å². The summed E-state index contributed by atoms with van der Waals surface area (Å²) in [5.41, 5.74) is 1.77. The monoisotopic (exact) mass is 240 g/mol. The van der Waals surface area contributed by atoms with E-state index in [4.69, 9.17) is 9.78 Å². The Kier molecular flexibility index (Phi) is 2.20. The number of aromatic amines is 1. The minimum absolute atomic E-state index is 0.331. The minimum atomic E-state index is 0.331. The van der Waals surface area contributed by atoms with Gasteiger partial charge in [-0.05, 0) is 12.1 Å². The van der Waals surface area contributed by atoms with Gasteiger partial charge in [0.1, 0.15) is 17.5 Å². The van der Waals surface area contributed by atoms with Crippen LogP contribution in [0.3, 0.4) is 0 Å². The van der Waals surface area contributed by atoms with Crippen molar-refractivity contribution < 1.29 is 4.52 Å². The van der Waals surface area contributed by atoms with Crippen molar-refractivity contribution in [1.82, 2.24) is 24.9 Å². The van der Waals surface area contributed by atoms with Crippen LogP contribution in [-0.2, 0) is 7.05 Å². The highest BCUT2D eigenvalue weighted by Gasteiger charge is 2.13. The molecule has 0 unspecified atom stereocenters. The summed E-state index contributed by atoms with van der Waals surface area (Å²) in [5.74, 6) is 0.746. The lowest BCUT2D eigenvalue weighted by molar-refractivity contribution is 0.431. The Morgan fingerprint density at radius 3 is 3.06 bits per heavy atom. The average Bonchev–Trinajstić information content (AvgIpc) is 3.07. The number of aromatic nitrogens is 5. The molecule has 0 aromatic carbocycles. The van der Waals surface area contributed by atoms with E-state index in [-0.39, 0.29) is 0 Å². The van der Waals surface area contributed by atoms with E-state index in [1.54, 1.807) is 29.2 Å². The quantitative estimate of drug-likeness (QED) is 0.729. The highest BCUT2D eigenvalue weighted by molar-refractivity contribution is 5.55. The van der Waals surface area contributed by atoms with Crippen molar-refractivity contribution in [3.8, 4) is 29.2 Å². The van der Waals surface area contributed by atoms with Crippen molar-refractivity contribution in [3.63, 3.8) is 0 Å². The van der Waals surface area contributed by atoms with Gasteiger partial charge >= 0.3 is 0 Å². The first-order chi connectivity index (χ1) is 8.76. The maximum absolute atomic E-state index is 8.73. The lowest BCUT2D eigenvalue weighted by Crippen LogP contribution is -1.88. The number of hydrogen-bond donors (Lipinski definition) is 1. The molecule has 0 spiro atoms. The Morgan fingerprint density at radius 1 is 1.50 bits per heavy atom. The Bertz CT molecular complexity index is 729. The maximum atomic E-state index is 8.73. The molecule has 0 amide bonds. The summed E-state index contributed by atoms with van der Waals surface area (Å²) < 4.78 is 6.78. The topological polar surface area (TPSA) is 96.3 Å². The lowest BCUT2D eigenvalue weighted by Gasteiger charge is -1.85. The molecular weight excluding hydrogens is 232 g/mol. The molecule has 0 radical (unpaired) electrons. The maximum Gasteiger partial charge on any atom is 0.274 e. The van der Waals surface area contributed by atoms with Crippen LogP contribution in [0, 0.1) is 11.3 Å². The predicted molar refractivity (Wildman–Crippen MR) is 61.0 cm³/mol. The van der Waals surface area contributed by atoms with Crippen LogP contribution < -0.4 is 0 Å². The molecule has 0 bridgehead atoms. The molecule has 0 saturated heterocycles. The Balaban J connectivity index is 1.96. The fourth-order valence-corrected chi connectivity index (χ4v) is 1.55. The average molecular weight is 240 g/mol. The smallest absolute Gasteiger partial charge is 0.274 e. The molecule has 0 aliphatic heterocycles. The number of H-pyrrole nitrogens is 1. The van der Waals surface area contributed by atoms with Crippen molar-refractivity contribution in [2.75, 3.05) is 0 Å². The molecule has 88 valence electrons. The number of nitriles is 1. The Labute approximate surface area is 102 Å². The van der Waals surface area contributed by atoms with E-state index in [1.165, 1.54) is 0 Å². The third kappa shape index (κ3) is 1.66. The number of nitrogens with one attached hydrogen (secondary N) is 1. The van der Waals surface area contributed by atoms with Gasteiger partial charge in [-0.3, -0.25) is 4.68 Å². The lowest BCUT2D eigenvalue weighted by atomic mass is 10.3. The molecule has 0 atom stereocenters. The van der Waals surface area contributed by atoms with Gasteiger partial charge in [0.15, 0.2) is 0 Å². The molecule has 7 heteroatoms. The fourth-order valence-electron chi connectivity index (χ4n) is 1.55. The molecule has 0 aliphatic rings. The van der Waals surface area contributed by atoms with Crippen LogP contribution in [0.25, 0.3) is 23.1 Å². The summed E-state index contributed by atoms with van der Waals surface area (Å²) in [7, 11) is 1.81. The van der Waals surface area contributed by atoms with Gasteiger partial charge in [0.05, 0.1) is 5.56 Å². The predicted octanol–water partition coefficient (Wildman–Crippen LogP) is 1.34. The summed E-state index contributed by atoms with van der Waals surface area (Å²) in [6.45, 7) is 0. The van der Waals surface area contributed by atoms with Gasteiger partial charge in [0.2, 0.25) is 5.82 Å². The molecule has 0 saturated carbocycles. The second kappa shape index (κ2) is 3.85. The molecule has 0 fully saturated rings. The van der Waals surface area contributed by atoms with Crippen LogP contribution in [0.15, 0.2) is 29.0 Å². The van der Waals surface area contributed by atoms with Crippen LogP contribution in [0.2, 0.25) is 0 Å². The fraction of sp³-hybridized carbons (Fsp3) is 0.0909. The summed E-state index contributed by atoms with van der Waals surface area (Å²) in [5, 5.41) is 16.8. The van der Waals surface area contributed by atoms with Crippen LogP contribution in [0.1, 0.15) is 5.56 Å². The SMILES string of the molecule is Cn1ccc(-c2noc(-c3cc(C#N)c[nH]3)n2)n1. The minimum Gasteiger partial charge on any atom is -0.356 e. The first kappa shape index (κ1) is 10.3. The highest BCUT2D eigenvalue weighted by atomic mass is 16.5. The molecule has 3 rings (SSSR count). The molecule has 1 N–H and O–H groups in total. The third-order valence-electron chi connectivity index (χ3n) is 2.41. The van der Waals surface area contributed by atoms with Gasteiger partial charge in [-0.15, -0.1) is 0 Å². The Hall–Kier alpha value is -2.88. The first-order valence-corrected chi connectivity index (χ1v) is 5.19. The highest BCUT2D eigenvalue weighted by Crippen LogP contribution is 2.20. The number of aryl methyl sites for hydroxylation is 1. The van der Waals surface area contributed by atoms with Crippen molar-refractivity contribution >= 4 is 0 Å². The van der Waals surface area contributed by atoms with E-state index in [0.717, 1.165) is 0 Å². The standard InChI is InChI=1S/C11H8N6O/c1-17-3-2-8(15-17)10-14-11(18-16-10)9-4-7(5-12)6-13-9/h2-4,6,13H,1H3. The first-order valence-electron chi connectivity index (χ1n) is 5.19. The van der Waals surface area contributed by atoms with E-state index >= 15 is 0 Å². The second-order valence-electron chi connectivity index (χ2n) is 3.71. The van der Waals surface area contributed by atoms with Gasteiger partial charge in [0.25, 0.3) is 5.89 Å². The summed E-state index contributed by atoms with van der Waals surface area (Å²) in [6, 6.07) is 5.47.